The molecule has 1 aliphatic heterocycles. The van der Waals surface area contributed by atoms with Crippen LogP contribution in [0.2, 0.25) is 19.6 Å². The smallest absolute Gasteiger partial charge is 0.194 e. The van der Waals surface area contributed by atoms with Crippen molar-refractivity contribution in [1.29, 1.82) is 0 Å². The second-order valence-electron chi connectivity index (χ2n) is 9.31. The van der Waals surface area contributed by atoms with E-state index in [0.29, 0.717) is 5.92 Å². The van der Waals surface area contributed by atoms with Gasteiger partial charge in [0.05, 0.1) is 13.6 Å². The molecule has 0 aliphatic carbocycles. The van der Waals surface area contributed by atoms with Gasteiger partial charge in [-0.3, -0.25) is 0 Å². The molecule has 0 radical (unpaired) electrons. The molecular weight excluding hydrogens is 342 g/mol. The van der Waals surface area contributed by atoms with Gasteiger partial charge in [0.15, 0.2) is 12.7 Å². The summed E-state index contributed by atoms with van der Waals surface area (Å²) >= 11 is 0. The number of pyridine rings is 1. The Kier molecular flexibility index (Phi) is 4.55. The fourth-order valence-corrected chi connectivity index (χ4v) is 5.91. The fourth-order valence-electron chi connectivity index (χ4n) is 4.23. The Balaban J connectivity index is 1.85. The topological polar surface area (TPSA) is 3.88 Å². The number of rotatable bonds is 4. The predicted octanol–water partition coefficient (Wildman–Crippen LogP) is 5.41. The molecule has 1 aromatic heterocycles. The number of benzene rings is 2. The Hall–Kier alpha value is -2.19. The highest BCUT2D eigenvalue weighted by atomic mass is 28.3. The minimum Gasteiger partial charge on any atom is -0.194 e. The van der Waals surface area contributed by atoms with E-state index in [4.69, 9.17) is 0 Å². The van der Waals surface area contributed by atoms with Gasteiger partial charge in [-0.25, -0.2) is 0 Å². The summed E-state index contributed by atoms with van der Waals surface area (Å²) in [5.41, 5.74) is 8.40. The quantitative estimate of drug-likeness (QED) is 0.333. The van der Waals surface area contributed by atoms with E-state index in [1.54, 1.807) is 10.8 Å². The molecule has 27 heavy (non-hydrogen) atoms. The average molecular weight is 373 g/mol. The van der Waals surface area contributed by atoms with Crippen molar-refractivity contribution in [3.63, 3.8) is 0 Å². The average Bonchev–Trinajstić information content (AvgIpc) is 2.97. The van der Waals surface area contributed by atoms with E-state index in [0.717, 1.165) is 6.54 Å². The highest BCUT2D eigenvalue weighted by Crippen LogP contribution is 2.32. The lowest BCUT2D eigenvalue weighted by Crippen LogP contribution is -2.47. The van der Waals surface area contributed by atoms with Gasteiger partial charge in [-0.1, -0.05) is 76.0 Å². The van der Waals surface area contributed by atoms with E-state index >= 15 is 0 Å². The molecule has 0 spiro atoms. The molecule has 0 atom stereocenters. The van der Waals surface area contributed by atoms with Crippen molar-refractivity contribution in [2.75, 3.05) is 0 Å². The zero-order valence-corrected chi connectivity index (χ0v) is 18.2. The molecule has 0 bridgehead atoms. The predicted molar refractivity (Wildman–Crippen MR) is 118 cm³/mol. The number of hydrogen-bond acceptors (Lipinski definition) is 0. The van der Waals surface area contributed by atoms with Crippen molar-refractivity contribution in [1.82, 2.24) is 0 Å². The molecule has 0 unspecified atom stereocenters. The van der Waals surface area contributed by atoms with Gasteiger partial charge in [-0.2, -0.15) is 4.57 Å². The van der Waals surface area contributed by atoms with Gasteiger partial charge in [-0.15, -0.1) is 0 Å². The lowest BCUT2D eigenvalue weighted by molar-refractivity contribution is -0.671. The monoisotopic (exact) mass is 372 g/mol. The normalized spacial score (nSPS) is 13.0. The van der Waals surface area contributed by atoms with Crippen molar-refractivity contribution in [3.8, 4) is 22.4 Å². The number of hydrogen-bond donors (Lipinski definition) is 0. The first-order valence-corrected chi connectivity index (χ1v) is 13.6. The maximum absolute atomic E-state index is 2.49. The van der Waals surface area contributed by atoms with Gasteiger partial charge in [0.2, 0.25) is 5.69 Å². The molecule has 0 fully saturated rings. The highest BCUT2D eigenvalue weighted by molar-refractivity contribution is 6.88. The summed E-state index contributed by atoms with van der Waals surface area (Å²) in [7, 11) is -1.38. The van der Waals surface area contributed by atoms with Crippen molar-refractivity contribution in [2.45, 2.75) is 46.5 Å². The molecule has 1 nitrogen and oxygen atoms in total. The van der Waals surface area contributed by atoms with Crippen molar-refractivity contribution < 1.29 is 4.57 Å². The number of nitrogens with zero attached hydrogens (tertiary/aromatic N) is 1. The standard InChI is InChI=1S/C25H30NSi/c1-18(2)13-22-15-24-23-14-20(19-9-7-6-8-10-19)11-12-21(23)16-26(24)17-25(22)27(3,4)5/h6-12,14-15,17-18H,13,16H2,1-5H3/q+1. The Morgan fingerprint density at radius 1 is 0.926 bits per heavy atom. The molecule has 0 saturated carbocycles. The lowest BCUT2D eigenvalue weighted by Gasteiger charge is -2.20. The van der Waals surface area contributed by atoms with E-state index in [2.05, 4.69) is 98.8 Å². The maximum Gasteiger partial charge on any atom is 0.213 e. The molecule has 1 aliphatic rings. The van der Waals surface area contributed by atoms with Crippen LogP contribution in [0.25, 0.3) is 22.4 Å². The first kappa shape index (κ1) is 18.2. The molecular formula is C25H30NSi+. The largest absolute Gasteiger partial charge is 0.213 e. The van der Waals surface area contributed by atoms with E-state index in [9.17, 15) is 0 Å². The molecule has 0 saturated heterocycles. The van der Waals surface area contributed by atoms with Gasteiger partial charge in [-0.05, 0) is 35.1 Å². The van der Waals surface area contributed by atoms with Crippen LogP contribution in [-0.2, 0) is 13.0 Å². The third-order valence-electron chi connectivity index (χ3n) is 5.52. The van der Waals surface area contributed by atoms with Crippen molar-refractivity contribution >= 4 is 13.3 Å². The minimum atomic E-state index is -1.38. The van der Waals surface area contributed by atoms with Gasteiger partial charge < -0.3 is 0 Å². The zero-order valence-electron chi connectivity index (χ0n) is 17.2. The van der Waals surface area contributed by atoms with Crippen LogP contribution in [0.15, 0.2) is 60.8 Å². The van der Waals surface area contributed by atoms with Gasteiger partial charge in [0.1, 0.15) is 0 Å². The molecule has 0 N–H and O–H groups in total. The van der Waals surface area contributed by atoms with Crippen LogP contribution in [-0.4, -0.2) is 8.07 Å². The first-order chi connectivity index (χ1) is 12.8. The lowest BCUT2D eigenvalue weighted by atomic mass is 9.97. The summed E-state index contributed by atoms with van der Waals surface area (Å²) in [6.07, 6.45) is 3.64. The molecule has 138 valence electrons. The molecule has 0 amide bonds. The molecule has 2 aromatic carbocycles. The van der Waals surface area contributed by atoms with Gasteiger partial charge in [0, 0.05) is 16.8 Å². The molecule has 2 heteroatoms. The highest BCUT2D eigenvalue weighted by Gasteiger charge is 2.32. The van der Waals surface area contributed by atoms with E-state index in [1.165, 1.54) is 34.4 Å². The zero-order chi connectivity index (χ0) is 19.2. The van der Waals surface area contributed by atoms with E-state index in [1.807, 2.05) is 0 Å². The Morgan fingerprint density at radius 2 is 1.67 bits per heavy atom. The Morgan fingerprint density at radius 3 is 2.33 bits per heavy atom. The molecule has 3 aromatic rings. The Bertz CT molecular complexity index is 981. The van der Waals surface area contributed by atoms with Crippen LogP contribution in [0.4, 0.5) is 0 Å². The van der Waals surface area contributed by atoms with E-state index in [-0.39, 0.29) is 0 Å². The number of fused-ring (bicyclic) bond motifs is 3. The minimum absolute atomic E-state index is 0.680. The van der Waals surface area contributed by atoms with Crippen LogP contribution < -0.4 is 9.75 Å². The van der Waals surface area contributed by atoms with Crippen LogP contribution in [0.5, 0.6) is 0 Å². The second kappa shape index (κ2) is 6.76. The van der Waals surface area contributed by atoms with E-state index < -0.39 is 8.07 Å². The summed E-state index contributed by atoms with van der Waals surface area (Å²) in [5, 5.41) is 1.62. The summed E-state index contributed by atoms with van der Waals surface area (Å²) in [6.45, 7) is 13.1. The summed E-state index contributed by atoms with van der Waals surface area (Å²) in [4.78, 5) is 0. The first-order valence-electron chi connectivity index (χ1n) is 10.1. The van der Waals surface area contributed by atoms with Crippen LogP contribution in [0.3, 0.4) is 0 Å². The third kappa shape index (κ3) is 3.51. The van der Waals surface area contributed by atoms with Crippen molar-refractivity contribution in [2.24, 2.45) is 5.92 Å². The Labute approximate surface area is 164 Å². The summed E-state index contributed by atoms with van der Waals surface area (Å²) < 4.78 is 2.48. The van der Waals surface area contributed by atoms with Crippen LogP contribution in [0, 0.1) is 5.92 Å². The molecule has 2 heterocycles. The van der Waals surface area contributed by atoms with Gasteiger partial charge in [0.25, 0.3) is 0 Å². The van der Waals surface area contributed by atoms with Crippen LogP contribution in [0.1, 0.15) is 25.0 Å². The maximum atomic E-state index is 2.49. The SMILES string of the molecule is CC(C)Cc1cc2[n+](cc1[Si](C)(C)C)Cc1ccc(-c3ccccc3)cc1-2. The van der Waals surface area contributed by atoms with Gasteiger partial charge >= 0.3 is 0 Å². The fraction of sp³-hybridized carbons (Fsp3) is 0.320. The number of aromatic nitrogens is 1. The summed E-state index contributed by atoms with van der Waals surface area (Å²) in [6, 6.07) is 20.2. The summed E-state index contributed by atoms with van der Waals surface area (Å²) in [5.74, 6) is 0.680. The second-order valence-corrected chi connectivity index (χ2v) is 14.4. The van der Waals surface area contributed by atoms with Crippen LogP contribution >= 0.6 is 0 Å². The van der Waals surface area contributed by atoms with Crippen molar-refractivity contribution in [3.05, 3.63) is 71.9 Å². The molecule has 4 rings (SSSR count). The third-order valence-corrected chi connectivity index (χ3v) is 7.59.